The monoisotopic (exact) mass is 476 g/mol. The molecule has 3 N–H and O–H groups in total. The normalized spacial score (nSPS) is 17.9. The zero-order valence-electron chi connectivity index (χ0n) is 20.6. The summed E-state index contributed by atoms with van der Waals surface area (Å²) >= 11 is 0. The largest absolute Gasteiger partial charge is 0.325 e. The highest BCUT2D eigenvalue weighted by molar-refractivity contribution is 6.12. The first-order valence-electron chi connectivity index (χ1n) is 12.0. The number of amides is 5. The van der Waals surface area contributed by atoms with Crippen LogP contribution in [0.2, 0.25) is 0 Å². The van der Waals surface area contributed by atoms with E-state index in [4.69, 9.17) is 0 Å². The summed E-state index contributed by atoms with van der Waals surface area (Å²) in [5.41, 5.74) is 1.52. The van der Waals surface area contributed by atoms with Gasteiger partial charge in [-0.3, -0.25) is 14.4 Å². The van der Waals surface area contributed by atoms with E-state index in [9.17, 15) is 19.2 Å². The zero-order valence-corrected chi connectivity index (χ0v) is 20.6. The van der Waals surface area contributed by atoms with Gasteiger partial charge in [-0.05, 0) is 55.0 Å². The van der Waals surface area contributed by atoms with Gasteiger partial charge < -0.3 is 16.0 Å². The average molecular weight is 477 g/mol. The molecule has 1 heterocycles. The van der Waals surface area contributed by atoms with E-state index in [1.165, 1.54) is 6.92 Å². The van der Waals surface area contributed by atoms with Crippen molar-refractivity contribution in [3.05, 3.63) is 59.7 Å². The van der Waals surface area contributed by atoms with E-state index in [0.717, 1.165) is 23.3 Å². The summed E-state index contributed by atoms with van der Waals surface area (Å²) in [6, 6.07) is 12.7. The number of carbonyl (C=O) groups is 4. The van der Waals surface area contributed by atoms with Gasteiger partial charge in [-0.15, -0.1) is 0 Å². The van der Waals surface area contributed by atoms with Crippen LogP contribution in [-0.2, 0) is 15.0 Å². The predicted molar refractivity (Wildman–Crippen MR) is 134 cm³/mol. The van der Waals surface area contributed by atoms with Gasteiger partial charge >= 0.3 is 6.03 Å². The molecule has 1 spiro atoms. The molecule has 2 fully saturated rings. The molecule has 35 heavy (non-hydrogen) atoms. The Kier molecular flexibility index (Phi) is 6.40. The number of urea groups is 1. The molecule has 1 saturated carbocycles. The molecule has 2 aliphatic rings. The lowest BCUT2D eigenvalue weighted by molar-refractivity contribution is -0.136. The fraction of sp³-hybridized carbons (Fsp3) is 0.407. The van der Waals surface area contributed by atoms with Crippen molar-refractivity contribution in [3.63, 3.8) is 0 Å². The number of hydrogen-bond acceptors (Lipinski definition) is 4. The maximum absolute atomic E-state index is 13.0. The molecule has 1 aliphatic heterocycles. The molecule has 2 aromatic carbocycles. The van der Waals surface area contributed by atoms with Gasteiger partial charge in [0, 0.05) is 5.56 Å². The van der Waals surface area contributed by atoms with Crippen LogP contribution in [-0.4, -0.2) is 40.2 Å². The van der Waals surface area contributed by atoms with Gasteiger partial charge in [-0.2, -0.15) is 0 Å². The Morgan fingerprint density at radius 2 is 1.51 bits per heavy atom. The lowest BCUT2D eigenvalue weighted by Gasteiger charge is -2.24. The molecule has 2 aromatic rings. The molecule has 1 aliphatic carbocycles. The van der Waals surface area contributed by atoms with Gasteiger partial charge in [-0.1, -0.05) is 57.9 Å². The number of anilines is 2. The number of imide groups is 1. The molecule has 8 nitrogen and oxygen atoms in total. The Morgan fingerprint density at radius 1 is 0.943 bits per heavy atom. The summed E-state index contributed by atoms with van der Waals surface area (Å²) < 4.78 is 0. The number of nitrogens with zero attached hydrogens (tertiary/aromatic N) is 1. The molecule has 4 rings (SSSR count). The Balaban J connectivity index is 1.46. The maximum Gasteiger partial charge on any atom is 0.325 e. The second-order valence-corrected chi connectivity index (χ2v) is 10.4. The molecule has 0 radical (unpaired) electrons. The number of para-hydroxylation sites is 2. The van der Waals surface area contributed by atoms with E-state index in [1.807, 2.05) is 12.1 Å². The average Bonchev–Trinajstić information content (AvgIpc) is 3.38. The van der Waals surface area contributed by atoms with E-state index >= 15 is 0 Å². The van der Waals surface area contributed by atoms with Crippen molar-refractivity contribution in [2.45, 2.75) is 70.4 Å². The highest BCUT2D eigenvalue weighted by Gasteiger charge is 2.54. The molecule has 1 saturated heterocycles. The minimum absolute atomic E-state index is 0.0202. The number of carbonyl (C=O) groups excluding carboxylic acids is 4. The van der Waals surface area contributed by atoms with Crippen LogP contribution in [0.15, 0.2) is 48.5 Å². The third-order valence-corrected chi connectivity index (χ3v) is 6.86. The Hall–Kier alpha value is -3.68. The first-order chi connectivity index (χ1) is 16.5. The van der Waals surface area contributed by atoms with Gasteiger partial charge in [0.05, 0.1) is 11.4 Å². The summed E-state index contributed by atoms with van der Waals surface area (Å²) in [4.78, 5) is 52.5. The van der Waals surface area contributed by atoms with Crippen LogP contribution in [0, 0.1) is 0 Å². The van der Waals surface area contributed by atoms with Crippen molar-refractivity contribution in [2.75, 3.05) is 10.6 Å². The van der Waals surface area contributed by atoms with Crippen LogP contribution in [0.4, 0.5) is 16.2 Å². The summed E-state index contributed by atoms with van der Waals surface area (Å²) in [5.74, 6) is -1.17. The molecule has 0 bridgehead atoms. The first-order valence-corrected chi connectivity index (χ1v) is 12.0. The van der Waals surface area contributed by atoms with Crippen molar-refractivity contribution < 1.29 is 19.2 Å². The van der Waals surface area contributed by atoms with Gasteiger partial charge in [0.2, 0.25) is 5.91 Å². The number of rotatable bonds is 5. The molecule has 0 aromatic heterocycles. The SMILES string of the molecule is CC(C(=O)Nc1ccccc1NC(=O)c1ccc(C(C)(C)C)cc1)N1C(=O)NC2(CCCC2)C1=O. The lowest BCUT2D eigenvalue weighted by atomic mass is 9.87. The smallest absolute Gasteiger partial charge is 0.323 e. The van der Waals surface area contributed by atoms with Crippen LogP contribution in [0.1, 0.15) is 69.3 Å². The topological polar surface area (TPSA) is 108 Å². The number of nitrogens with one attached hydrogen (secondary N) is 3. The second kappa shape index (κ2) is 9.17. The second-order valence-electron chi connectivity index (χ2n) is 10.4. The highest BCUT2D eigenvalue weighted by atomic mass is 16.2. The maximum atomic E-state index is 13.0. The third-order valence-electron chi connectivity index (χ3n) is 6.86. The van der Waals surface area contributed by atoms with Gasteiger partial charge in [0.1, 0.15) is 11.6 Å². The Bertz CT molecular complexity index is 1160. The number of benzene rings is 2. The molecular formula is C27H32N4O4. The Labute approximate surface area is 205 Å². The van der Waals surface area contributed by atoms with Crippen LogP contribution in [0.5, 0.6) is 0 Å². The van der Waals surface area contributed by atoms with Crippen LogP contribution in [0.3, 0.4) is 0 Å². The van der Waals surface area contributed by atoms with Crippen molar-refractivity contribution in [1.29, 1.82) is 0 Å². The van der Waals surface area contributed by atoms with Gasteiger partial charge in [0.15, 0.2) is 0 Å². The van der Waals surface area contributed by atoms with Crippen LogP contribution >= 0.6 is 0 Å². The standard InChI is InChI=1S/C27H32N4O4/c1-17(31-24(34)27(30-25(31)35)15-7-8-16-27)22(32)28-20-9-5-6-10-21(20)29-23(33)18-11-13-19(14-12-18)26(2,3)4/h5-6,9-14,17H,7-8,15-16H2,1-4H3,(H,28,32)(H,29,33)(H,30,35). The minimum atomic E-state index is -1.00. The fourth-order valence-electron chi connectivity index (χ4n) is 4.68. The zero-order chi connectivity index (χ0) is 25.4. The molecule has 1 unspecified atom stereocenters. The minimum Gasteiger partial charge on any atom is -0.323 e. The van der Waals surface area contributed by atoms with Crippen molar-refractivity contribution >= 4 is 35.1 Å². The van der Waals surface area contributed by atoms with E-state index in [2.05, 4.69) is 36.7 Å². The van der Waals surface area contributed by atoms with Crippen LogP contribution in [0.25, 0.3) is 0 Å². The van der Waals surface area contributed by atoms with E-state index < -0.39 is 23.5 Å². The first kappa shape index (κ1) is 24.4. The van der Waals surface area contributed by atoms with E-state index in [-0.39, 0.29) is 17.2 Å². The third kappa shape index (κ3) is 4.78. The lowest BCUT2D eigenvalue weighted by Crippen LogP contribution is -2.48. The predicted octanol–water partition coefficient (Wildman–Crippen LogP) is 4.43. The Morgan fingerprint density at radius 3 is 2.09 bits per heavy atom. The fourth-order valence-corrected chi connectivity index (χ4v) is 4.68. The summed E-state index contributed by atoms with van der Waals surface area (Å²) in [7, 11) is 0. The van der Waals surface area contributed by atoms with Crippen molar-refractivity contribution in [2.24, 2.45) is 0 Å². The molecule has 1 atom stereocenters. The number of hydrogen-bond donors (Lipinski definition) is 3. The van der Waals surface area contributed by atoms with Crippen LogP contribution < -0.4 is 16.0 Å². The highest BCUT2D eigenvalue weighted by Crippen LogP contribution is 2.36. The molecule has 184 valence electrons. The van der Waals surface area contributed by atoms with E-state index in [1.54, 1.807) is 36.4 Å². The van der Waals surface area contributed by atoms with Gasteiger partial charge in [0.25, 0.3) is 11.8 Å². The van der Waals surface area contributed by atoms with E-state index in [0.29, 0.717) is 29.8 Å². The van der Waals surface area contributed by atoms with Gasteiger partial charge in [-0.25, -0.2) is 9.69 Å². The molecule has 5 amide bonds. The summed E-state index contributed by atoms with van der Waals surface area (Å²) in [6.45, 7) is 7.84. The van der Waals surface area contributed by atoms with Crippen molar-refractivity contribution in [3.8, 4) is 0 Å². The quantitative estimate of drug-likeness (QED) is 0.555. The van der Waals surface area contributed by atoms with Crippen molar-refractivity contribution in [1.82, 2.24) is 10.2 Å². The summed E-state index contributed by atoms with van der Waals surface area (Å²) in [6.07, 6.45) is 2.92. The molecular weight excluding hydrogens is 444 g/mol. The molecule has 8 heteroatoms. The summed E-state index contributed by atoms with van der Waals surface area (Å²) in [5, 5.41) is 8.41.